The van der Waals surface area contributed by atoms with Gasteiger partial charge in [0.25, 0.3) is 5.91 Å². The molecule has 116 valence electrons. The van der Waals surface area contributed by atoms with Crippen molar-refractivity contribution < 1.29 is 4.79 Å². The summed E-state index contributed by atoms with van der Waals surface area (Å²) in [5, 5.41) is 14.4. The number of amides is 1. The molecular weight excluding hydrogens is 290 g/mol. The number of nitrogens with zero attached hydrogens (tertiary/aromatic N) is 4. The van der Waals surface area contributed by atoms with Gasteiger partial charge in [-0.05, 0) is 48.0 Å². The number of rotatable bonds is 3. The lowest BCUT2D eigenvalue weighted by Crippen LogP contribution is -2.13. The van der Waals surface area contributed by atoms with Crippen LogP contribution in [0.25, 0.3) is 11.4 Å². The van der Waals surface area contributed by atoms with Gasteiger partial charge >= 0.3 is 0 Å². The molecule has 3 rings (SSSR count). The lowest BCUT2D eigenvalue weighted by atomic mass is 10.1. The Balaban J connectivity index is 1.86. The van der Waals surface area contributed by atoms with Gasteiger partial charge in [0, 0.05) is 23.9 Å². The molecular formula is C17H17N5O. The van der Waals surface area contributed by atoms with Crippen molar-refractivity contribution in [3.8, 4) is 11.4 Å². The van der Waals surface area contributed by atoms with E-state index in [4.69, 9.17) is 0 Å². The van der Waals surface area contributed by atoms with Crippen molar-refractivity contribution >= 4 is 11.6 Å². The Labute approximate surface area is 134 Å². The highest BCUT2D eigenvalue weighted by Gasteiger charge is 2.11. The molecule has 0 unspecified atom stereocenters. The lowest BCUT2D eigenvalue weighted by molar-refractivity contribution is 0.102. The molecule has 0 aliphatic heterocycles. The van der Waals surface area contributed by atoms with Gasteiger partial charge in [0.15, 0.2) is 5.82 Å². The van der Waals surface area contributed by atoms with Crippen molar-refractivity contribution in [3.63, 3.8) is 0 Å². The number of anilines is 1. The van der Waals surface area contributed by atoms with Crippen molar-refractivity contribution in [1.82, 2.24) is 20.2 Å². The first-order valence-corrected chi connectivity index (χ1v) is 7.26. The van der Waals surface area contributed by atoms with Crippen LogP contribution in [0.3, 0.4) is 0 Å². The van der Waals surface area contributed by atoms with E-state index in [9.17, 15) is 4.79 Å². The maximum Gasteiger partial charge on any atom is 0.255 e. The summed E-state index contributed by atoms with van der Waals surface area (Å²) in [5.74, 6) is 0.517. The van der Waals surface area contributed by atoms with Gasteiger partial charge in [-0.15, -0.1) is 5.10 Å². The highest BCUT2D eigenvalue weighted by molar-refractivity contribution is 6.05. The Hall–Kier alpha value is -3.02. The molecule has 0 aliphatic carbocycles. The SMILES string of the molecule is Cc1ccc(C(=O)Nc2cccc(-c3nnnn3C)c2)c(C)c1. The van der Waals surface area contributed by atoms with Crippen LogP contribution in [-0.2, 0) is 7.05 Å². The average Bonchev–Trinajstić information content (AvgIpc) is 2.93. The monoisotopic (exact) mass is 307 g/mol. The van der Waals surface area contributed by atoms with Crippen LogP contribution in [0.1, 0.15) is 21.5 Å². The second kappa shape index (κ2) is 6.00. The van der Waals surface area contributed by atoms with Crippen molar-refractivity contribution in [1.29, 1.82) is 0 Å². The third-order valence-corrected chi connectivity index (χ3v) is 3.63. The second-order valence-corrected chi connectivity index (χ2v) is 5.48. The number of carbonyl (C=O) groups is 1. The van der Waals surface area contributed by atoms with Crippen LogP contribution in [0.5, 0.6) is 0 Å². The van der Waals surface area contributed by atoms with Crippen LogP contribution < -0.4 is 5.32 Å². The van der Waals surface area contributed by atoms with E-state index in [0.717, 1.165) is 16.7 Å². The molecule has 1 aromatic heterocycles. The first kappa shape index (κ1) is 14.9. The highest BCUT2D eigenvalue weighted by atomic mass is 16.1. The summed E-state index contributed by atoms with van der Waals surface area (Å²) in [6, 6.07) is 13.2. The predicted octanol–water partition coefficient (Wildman–Crippen LogP) is 2.75. The maximum absolute atomic E-state index is 12.5. The number of nitrogens with one attached hydrogen (secondary N) is 1. The summed E-state index contributed by atoms with van der Waals surface area (Å²) < 4.78 is 1.59. The minimum absolute atomic E-state index is 0.129. The van der Waals surface area contributed by atoms with Crippen LogP contribution in [0.15, 0.2) is 42.5 Å². The van der Waals surface area contributed by atoms with Gasteiger partial charge in [-0.1, -0.05) is 29.8 Å². The molecule has 0 saturated carbocycles. The zero-order chi connectivity index (χ0) is 16.4. The number of aromatic nitrogens is 4. The molecule has 0 saturated heterocycles. The van der Waals surface area contributed by atoms with E-state index in [1.165, 1.54) is 0 Å². The number of tetrazole rings is 1. The van der Waals surface area contributed by atoms with E-state index in [-0.39, 0.29) is 5.91 Å². The number of benzene rings is 2. The Morgan fingerprint density at radius 2 is 1.96 bits per heavy atom. The minimum atomic E-state index is -0.129. The molecule has 0 fully saturated rings. The van der Waals surface area contributed by atoms with Gasteiger partial charge in [-0.3, -0.25) is 4.79 Å². The molecule has 0 aliphatic rings. The van der Waals surface area contributed by atoms with Crippen LogP contribution in [-0.4, -0.2) is 26.1 Å². The lowest BCUT2D eigenvalue weighted by Gasteiger charge is -2.09. The average molecular weight is 307 g/mol. The molecule has 1 heterocycles. The minimum Gasteiger partial charge on any atom is -0.322 e. The molecule has 2 aromatic carbocycles. The number of hydrogen-bond acceptors (Lipinski definition) is 4. The third-order valence-electron chi connectivity index (χ3n) is 3.63. The molecule has 0 spiro atoms. The smallest absolute Gasteiger partial charge is 0.255 e. The molecule has 0 atom stereocenters. The Bertz CT molecular complexity index is 869. The Morgan fingerprint density at radius 3 is 2.65 bits per heavy atom. The van der Waals surface area contributed by atoms with E-state index in [2.05, 4.69) is 20.8 Å². The van der Waals surface area contributed by atoms with Gasteiger partial charge in [-0.25, -0.2) is 4.68 Å². The normalized spacial score (nSPS) is 10.6. The predicted molar refractivity (Wildman–Crippen MR) is 88.1 cm³/mol. The van der Waals surface area contributed by atoms with Gasteiger partial charge in [0.2, 0.25) is 0 Å². The zero-order valence-corrected chi connectivity index (χ0v) is 13.2. The van der Waals surface area contributed by atoms with Crippen LogP contribution >= 0.6 is 0 Å². The summed E-state index contributed by atoms with van der Waals surface area (Å²) in [4.78, 5) is 12.5. The van der Waals surface area contributed by atoms with Gasteiger partial charge in [0.1, 0.15) is 0 Å². The van der Waals surface area contributed by atoms with Crippen LogP contribution in [0.2, 0.25) is 0 Å². The maximum atomic E-state index is 12.5. The Morgan fingerprint density at radius 1 is 1.13 bits per heavy atom. The second-order valence-electron chi connectivity index (χ2n) is 5.48. The summed E-state index contributed by atoms with van der Waals surface area (Å²) in [5.41, 5.74) is 4.31. The van der Waals surface area contributed by atoms with E-state index in [1.807, 2.05) is 56.3 Å². The fraction of sp³-hybridized carbons (Fsp3) is 0.176. The Kier molecular flexibility index (Phi) is 3.89. The van der Waals surface area contributed by atoms with Crippen molar-refractivity contribution in [3.05, 3.63) is 59.2 Å². The summed E-state index contributed by atoms with van der Waals surface area (Å²) >= 11 is 0. The molecule has 6 heteroatoms. The number of hydrogen-bond donors (Lipinski definition) is 1. The number of aryl methyl sites for hydroxylation is 3. The van der Waals surface area contributed by atoms with E-state index in [1.54, 1.807) is 11.7 Å². The molecule has 3 aromatic rings. The highest BCUT2D eigenvalue weighted by Crippen LogP contribution is 2.20. The zero-order valence-electron chi connectivity index (χ0n) is 13.2. The fourth-order valence-corrected chi connectivity index (χ4v) is 2.48. The van der Waals surface area contributed by atoms with Crippen molar-refractivity contribution in [2.45, 2.75) is 13.8 Å². The van der Waals surface area contributed by atoms with Crippen LogP contribution in [0.4, 0.5) is 5.69 Å². The van der Waals surface area contributed by atoms with Gasteiger partial charge < -0.3 is 5.32 Å². The fourth-order valence-electron chi connectivity index (χ4n) is 2.48. The molecule has 1 N–H and O–H groups in total. The topological polar surface area (TPSA) is 72.7 Å². The number of carbonyl (C=O) groups excluding carboxylic acids is 1. The van der Waals surface area contributed by atoms with Crippen LogP contribution in [0, 0.1) is 13.8 Å². The van der Waals surface area contributed by atoms with E-state index >= 15 is 0 Å². The van der Waals surface area contributed by atoms with Crippen molar-refractivity contribution in [2.24, 2.45) is 7.05 Å². The summed E-state index contributed by atoms with van der Waals surface area (Å²) in [7, 11) is 1.77. The molecule has 0 bridgehead atoms. The molecule has 23 heavy (non-hydrogen) atoms. The first-order valence-electron chi connectivity index (χ1n) is 7.26. The molecule has 6 nitrogen and oxygen atoms in total. The molecule has 1 amide bonds. The summed E-state index contributed by atoms with van der Waals surface area (Å²) in [6.45, 7) is 3.94. The quantitative estimate of drug-likeness (QED) is 0.807. The largest absolute Gasteiger partial charge is 0.322 e. The standard InChI is InChI=1S/C17H17N5O/c1-11-7-8-15(12(2)9-11)17(23)18-14-6-4-5-13(10-14)16-19-20-21-22(16)3/h4-10H,1-3H3,(H,18,23). The van der Waals surface area contributed by atoms with E-state index < -0.39 is 0 Å². The van der Waals surface area contributed by atoms with Gasteiger partial charge in [0.05, 0.1) is 0 Å². The summed E-state index contributed by atoms with van der Waals surface area (Å²) in [6.07, 6.45) is 0. The van der Waals surface area contributed by atoms with E-state index in [0.29, 0.717) is 17.1 Å². The molecule has 0 radical (unpaired) electrons. The first-order chi connectivity index (χ1) is 11.0. The third kappa shape index (κ3) is 3.11. The van der Waals surface area contributed by atoms with Gasteiger partial charge in [-0.2, -0.15) is 0 Å². The van der Waals surface area contributed by atoms with Crippen molar-refractivity contribution in [2.75, 3.05) is 5.32 Å².